The van der Waals surface area contributed by atoms with Gasteiger partial charge in [-0.25, -0.2) is 0 Å². The van der Waals surface area contributed by atoms with Crippen molar-refractivity contribution in [3.63, 3.8) is 0 Å². The van der Waals surface area contributed by atoms with Gasteiger partial charge in [-0.2, -0.15) is 10.5 Å². The van der Waals surface area contributed by atoms with E-state index in [9.17, 15) is 15.3 Å². The molecule has 3 rings (SSSR count). The predicted octanol–water partition coefficient (Wildman–Crippen LogP) is 3.97. The first-order valence-corrected chi connectivity index (χ1v) is 8.70. The van der Waals surface area contributed by atoms with Crippen molar-refractivity contribution in [2.45, 2.75) is 24.7 Å². The van der Waals surface area contributed by atoms with Gasteiger partial charge >= 0.3 is 0 Å². The Labute approximate surface area is 158 Å². The van der Waals surface area contributed by atoms with Gasteiger partial charge in [-0.05, 0) is 35.4 Å². The highest BCUT2D eigenvalue weighted by molar-refractivity contribution is 5.82. The topological polar surface area (TPSA) is 83.1 Å². The Hall–Kier alpha value is -3.31. The highest BCUT2D eigenvalue weighted by atomic mass is 16.5. The molecule has 0 unspecified atom stereocenters. The summed E-state index contributed by atoms with van der Waals surface area (Å²) < 4.78 is 10.4. The summed E-state index contributed by atoms with van der Waals surface area (Å²) >= 11 is 0. The highest BCUT2D eigenvalue weighted by Crippen LogP contribution is 2.53. The minimum Gasteiger partial charge on any atom is -0.497 e. The highest BCUT2D eigenvalue weighted by Gasteiger charge is 2.52. The van der Waals surface area contributed by atoms with Gasteiger partial charge in [-0.15, -0.1) is 0 Å². The third-order valence-electron chi connectivity index (χ3n) is 5.37. The molecule has 0 amide bonds. The molecule has 0 heterocycles. The number of nitrogens with zero attached hydrogens (tertiary/aromatic N) is 2. The van der Waals surface area contributed by atoms with Crippen LogP contribution in [-0.2, 0) is 4.79 Å². The van der Waals surface area contributed by atoms with Crippen LogP contribution < -0.4 is 9.47 Å². The second-order valence-corrected chi connectivity index (χ2v) is 6.69. The van der Waals surface area contributed by atoms with Crippen molar-refractivity contribution in [1.29, 1.82) is 10.5 Å². The third kappa shape index (κ3) is 3.25. The Kier molecular flexibility index (Phi) is 5.14. The molecule has 1 aliphatic carbocycles. The van der Waals surface area contributed by atoms with Crippen LogP contribution in [-0.4, -0.2) is 20.0 Å². The molecule has 27 heavy (non-hydrogen) atoms. The van der Waals surface area contributed by atoms with E-state index in [1.54, 1.807) is 38.5 Å². The molecule has 0 aliphatic heterocycles. The number of hydrogen-bond acceptors (Lipinski definition) is 5. The summed E-state index contributed by atoms with van der Waals surface area (Å²) in [4.78, 5) is 12.5. The first-order valence-electron chi connectivity index (χ1n) is 8.70. The number of ketones is 1. The van der Waals surface area contributed by atoms with Crippen molar-refractivity contribution in [1.82, 2.24) is 0 Å². The molecule has 0 aromatic heterocycles. The van der Waals surface area contributed by atoms with Crippen LogP contribution in [0.4, 0.5) is 0 Å². The fourth-order valence-electron chi connectivity index (χ4n) is 3.87. The standard InChI is InChI=1S/C22H20N2O3/c1-26-18-7-3-15(4-8-18)20-11-17(25)12-21(22(20,13-23)14-24)16-5-9-19(27-2)10-6-16/h3-10,20-21H,11-12H2,1-2H3/t20-,21-/m0/s1. The molecule has 0 N–H and O–H groups in total. The van der Waals surface area contributed by atoms with E-state index in [4.69, 9.17) is 9.47 Å². The Bertz CT molecular complexity index is 829. The molecule has 136 valence electrons. The van der Waals surface area contributed by atoms with Crippen LogP contribution in [0.1, 0.15) is 35.8 Å². The molecule has 2 aromatic carbocycles. The summed E-state index contributed by atoms with van der Waals surface area (Å²) in [5.41, 5.74) is 0.271. The van der Waals surface area contributed by atoms with Crippen molar-refractivity contribution in [3.05, 3.63) is 59.7 Å². The van der Waals surface area contributed by atoms with Gasteiger partial charge in [-0.1, -0.05) is 24.3 Å². The first kappa shape index (κ1) is 18.5. The zero-order chi connectivity index (χ0) is 19.4. The third-order valence-corrected chi connectivity index (χ3v) is 5.37. The maximum absolute atomic E-state index is 12.5. The zero-order valence-electron chi connectivity index (χ0n) is 15.3. The fourth-order valence-corrected chi connectivity index (χ4v) is 3.87. The molecule has 0 bridgehead atoms. The van der Waals surface area contributed by atoms with E-state index in [1.807, 2.05) is 24.3 Å². The van der Waals surface area contributed by atoms with Gasteiger partial charge in [0.2, 0.25) is 0 Å². The van der Waals surface area contributed by atoms with E-state index in [0.717, 1.165) is 11.1 Å². The van der Waals surface area contributed by atoms with Crippen molar-refractivity contribution in [2.75, 3.05) is 14.2 Å². The first-order chi connectivity index (χ1) is 13.1. The number of nitriles is 2. The molecule has 0 spiro atoms. The van der Waals surface area contributed by atoms with E-state index in [2.05, 4.69) is 12.1 Å². The molecule has 5 heteroatoms. The lowest BCUT2D eigenvalue weighted by Gasteiger charge is -2.40. The minimum absolute atomic E-state index is 0.0535. The molecule has 0 radical (unpaired) electrons. The molecule has 0 saturated heterocycles. The number of carbonyl (C=O) groups excluding carboxylic acids is 1. The lowest BCUT2D eigenvalue weighted by Crippen LogP contribution is -2.39. The SMILES string of the molecule is COc1ccc([C@@H]2CC(=O)C[C@@H](c3ccc(OC)cc3)C2(C#N)C#N)cc1. The van der Waals surface area contributed by atoms with Crippen LogP contribution in [0.3, 0.4) is 0 Å². The van der Waals surface area contributed by atoms with Crippen LogP contribution in [0.15, 0.2) is 48.5 Å². The Morgan fingerprint density at radius 3 is 1.48 bits per heavy atom. The van der Waals surface area contributed by atoms with E-state index >= 15 is 0 Å². The second kappa shape index (κ2) is 7.51. The summed E-state index contributed by atoms with van der Waals surface area (Å²) in [5, 5.41) is 20.1. The molecular formula is C22H20N2O3. The lowest BCUT2D eigenvalue weighted by atomic mass is 9.57. The number of Topliss-reactive ketones (excluding diaryl/α,β-unsaturated/α-hetero) is 1. The van der Waals surface area contributed by atoms with Crippen molar-refractivity contribution >= 4 is 5.78 Å². The number of benzene rings is 2. The summed E-state index contributed by atoms with van der Waals surface area (Å²) in [6, 6.07) is 19.0. The van der Waals surface area contributed by atoms with Gasteiger partial charge in [0.05, 0.1) is 26.4 Å². The zero-order valence-corrected chi connectivity index (χ0v) is 15.3. The molecule has 2 aromatic rings. The average molecular weight is 360 g/mol. The Morgan fingerprint density at radius 2 is 1.19 bits per heavy atom. The molecule has 1 aliphatic rings. The van der Waals surface area contributed by atoms with Gasteiger partial charge < -0.3 is 9.47 Å². The molecule has 1 saturated carbocycles. The van der Waals surface area contributed by atoms with Gasteiger partial charge in [0, 0.05) is 24.7 Å². The fraction of sp³-hybridized carbons (Fsp3) is 0.318. The number of rotatable bonds is 4. The Morgan fingerprint density at radius 1 is 0.815 bits per heavy atom. The number of ether oxygens (including phenoxy) is 2. The van der Waals surface area contributed by atoms with Crippen LogP contribution in [0.5, 0.6) is 11.5 Å². The van der Waals surface area contributed by atoms with Gasteiger partial charge in [-0.3, -0.25) is 4.79 Å². The van der Waals surface area contributed by atoms with E-state index < -0.39 is 17.3 Å². The van der Waals surface area contributed by atoms with Crippen molar-refractivity contribution in [2.24, 2.45) is 5.41 Å². The smallest absolute Gasteiger partial charge is 0.158 e. The maximum Gasteiger partial charge on any atom is 0.158 e. The minimum atomic E-state index is -1.32. The average Bonchev–Trinajstić information content (AvgIpc) is 2.73. The summed E-state index contributed by atoms with van der Waals surface area (Å²) in [6.07, 6.45) is 0.361. The summed E-state index contributed by atoms with van der Waals surface area (Å²) in [5.74, 6) is 0.440. The molecule has 1 fully saturated rings. The largest absolute Gasteiger partial charge is 0.497 e. The van der Waals surface area contributed by atoms with E-state index in [-0.39, 0.29) is 18.6 Å². The van der Waals surface area contributed by atoms with Crippen LogP contribution in [0.25, 0.3) is 0 Å². The number of methoxy groups -OCH3 is 2. The van der Waals surface area contributed by atoms with Crippen molar-refractivity contribution in [3.8, 4) is 23.6 Å². The summed E-state index contributed by atoms with van der Waals surface area (Å²) in [6.45, 7) is 0. The van der Waals surface area contributed by atoms with E-state index in [0.29, 0.717) is 11.5 Å². The summed E-state index contributed by atoms with van der Waals surface area (Å²) in [7, 11) is 3.15. The van der Waals surface area contributed by atoms with Crippen LogP contribution in [0.2, 0.25) is 0 Å². The quantitative estimate of drug-likeness (QED) is 0.824. The van der Waals surface area contributed by atoms with Crippen molar-refractivity contribution < 1.29 is 14.3 Å². The molecular weight excluding hydrogens is 340 g/mol. The molecule has 5 nitrogen and oxygen atoms in total. The van der Waals surface area contributed by atoms with Gasteiger partial charge in [0.25, 0.3) is 0 Å². The lowest BCUT2D eigenvalue weighted by molar-refractivity contribution is -0.122. The second-order valence-electron chi connectivity index (χ2n) is 6.69. The normalized spacial score (nSPS) is 21.0. The molecule has 2 atom stereocenters. The Balaban J connectivity index is 2.08. The van der Waals surface area contributed by atoms with Gasteiger partial charge in [0.1, 0.15) is 17.3 Å². The maximum atomic E-state index is 12.5. The van der Waals surface area contributed by atoms with E-state index in [1.165, 1.54) is 0 Å². The number of hydrogen-bond donors (Lipinski definition) is 0. The van der Waals surface area contributed by atoms with Crippen LogP contribution in [0, 0.1) is 28.1 Å². The van der Waals surface area contributed by atoms with Crippen LogP contribution >= 0.6 is 0 Å². The monoisotopic (exact) mass is 360 g/mol. The number of carbonyl (C=O) groups is 1. The predicted molar refractivity (Wildman–Crippen MR) is 99.4 cm³/mol. The van der Waals surface area contributed by atoms with Gasteiger partial charge in [0.15, 0.2) is 5.41 Å².